The fourth-order valence-electron chi connectivity index (χ4n) is 4.77. The van der Waals surface area contributed by atoms with Crippen molar-refractivity contribution in [2.24, 2.45) is 0 Å². The number of aliphatic hydroxyl groups is 1. The number of nitrogens with zero attached hydrogens (tertiary/aromatic N) is 2. The maximum atomic E-state index is 13.6. The van der Waals surface area contributed by atoms with Gasteiger partial charge in [0, 0.05) is 22.7 Å². The molecule has 2 heterocycles. The highest BCUT2D eigenvalue weighted by atomic mass is 35.5. The summed E-state index contributed by atoms with van der Waals surface area (Å²) >= 11 is 12.1. The Morgan fingerprint density at radius 3 is 2.39 bits per heavy atom. The first-order valence-electron chi connectivity index (χ1n) is 11.5. The number of hydrogen-bond donors (Lipinski definition) is 1. The predicted molar refractivity (Wildman–Crippen MR) is 135 cm³/mol. The Bertz CT molecular complexity index is 1210. The number of rotatable bonds is 8. The third-order valence-corrected chi connectivity index (χ3v) is 8.80. The van der Waals surface area contributed by atoms with Crippen molar-refractivity contribution in [3.63, 3.8) is 0 Å². The van der Waals surface area contributed by atoms with E-state index in [1.807, 2.05) is 0 Å². The molecule has 2 aromatic carbocycles. The first-order chi connectivity index (χ1) is 17.1. The van der Waals surface area contributed by atoms with E-state index in [4.69, 9.17) is 37.4 Å². The molecule has 9 nitrogen and oxygen atoms in total. The minimum Gasteiger partial charge on any atom is -0.493 e. The molecule has 0 aromatic heterocycles. The zero-order valence-corrected chi connectivity index (χ0v) is 22.2. The van der Waals surface area contributed by atoms with E-state index in [-0.39, 0.29) is 40.5 Å². The number of hydrogen-bond acceptors (Lipinski definition) is 7. The second-order valence-electron chi connectivity index (χ2n) is 8.67. The number of fused-ring (bicyclic) bond motifs is 2. The quantitative estimate of drug-likeness (QED) is 0.530. The van der Waals surface area contributed by atoms with Crippen molar-refractivity contribution in [3.8, 4) is 17.2 Å². The van der Waals surface area contributed by atoms with Gasteiger partial charge in [-0.05, 0) is 49.6 Å². The normalized spacial score (nSPS) is 22.8. The lowest BCUT2D eigenvalue weighted by atomic mass is 9.96. The lowest BCUT2D eigenvalue weighted by Gasteiger charge is -2.39. The van der Waals surface area contributed by atoms with Gasteiger partial charge in [0.25, 0.3) is 0 Å². The molecule has 4 rings (SSSR count). The number of halogens is 2. The largest absolute Gasteiger partial charge is 0.493 e. The third-order valence-electron chi connectivity index (χ3n) is 6.46. The number of carbonyl (C=O) groups is 1. The van der Waals surface area contributed by atoms with Crippen molar-refractivity contribution in [1.29, 1.82) is 0 Å². The molecule has 2 aliphatic heterocycles. The molecule has 196 valence electrons. The van der Waals surface area contributed by atoms with Crippen LogP contribution in [0, 0.1) is 0 Å². The van der Waals surface area contributed by atoms with Crippen molar-refractivity contribution in [3.05, 3.63) is 46.4 Å². The monoisotopic (exact) mass is 558 g/mol. The highest BCUT2D eigenvalue weighted by Crippen LogP contribution is 2.36. The summed E-state index contributed by atoms with van der Waals surface area (Å²) in [5.74, 6) is 1.22. The fourth-order valence-corrected chi connectivity index (χ4v) is 7.36. The van der Waals surface area contributed by atoms with Crippen LogP contribution < -0.4 is 14.2 Å². The second kappa shape index (κ2) is 11.0. The van der Waals surface area contributed by atoms with E-state index in [0.717, 1.165) is 4.31 Å². The van der Waals surface area contributed by atoms with Crippen molar-refractivity contribution in [1.82, 2.24) is 9.21 Å². The summed E-state index contributed by atoms with van der Waals surface area (Å²) in [4.78, 5) is 14.9. The predicted octanol–water partition coefficient (Wildman–Crippen LogP) is 3.20. The number of amides is 1. The average molecular weight is 559 g/mol. The van der Waals surface area contributed by atoms with Gasteiger partial charge in [0.05, 0.1) is 37.8 Å². The minimum atomic E-state index is -4.16. The summed E-state index contributed by atoms with van der Waals surface area (Å²) in [5.41, 5.74) is 0. The summed E-state index contributed by atoms with van der Waals surface area (Å²) < 4.78 is 44.8. The van der Waals surface area contributed by atoms with Gasteiger partial charge in [0.15, 0.2) is 11.5 Å². The van der Waals surface area contributed by atoms with Crippen LogP contribution in [0.15, 0.2) is 41.3 Å². The molecular formula is C24H28Cl2N2O7S. The smallest absolute Gasteiger partial charge is 0.244 e. The van der Waals surface area contributed by atoms with Crippen LogP contribution in [-0.2, 0) is 14.8 Å². The maximum Gasteiger partial charge on any atom is 0.244 e. The van der Waals surface area contributed by atoms with Crippen LogP contribution in [0.1, 0.15) is 19.3 Å². The second-order valence-corrected chi connectivity index (χ2v) is 11.4. The number of piperidine rings is 1. The van der Waals surface area contributed by atoms with Gasteiger partial charge < -0.3 is 24.2 Å². The summed E-state index contributed by atoms with van der Waals surface area (Å²) in [7, 11) is -1.10. The highest BCUT2D eigenvalue weighted by molar-refractivity contribution is 7.89. The van der Waals surface area contributed by atoms with E-state index < -0.39 is 28.2 Å². The highest BCUT2D eigenvalue weighted by Gasteiger charge is 2.49. The molecule has 0 saturated carbocycles. The summed E-state index contributed by atoms with van der Waals surface area (Å²) in [6.07, 6.45) is 0.345. The zero-order chi connectivity index (χ0) is 26.0. The number of ether oxygens (including phenoxy) is 3. The van der Waals surface area contributed by atoms with E-state index in [0.29, 0.717) is 36.5 Å². The van der Waals surface area contributed by atoms with Crippen LogP contribution in [0.5, 0.6) is 17.2 Å². The Balaban J connectivity index is 1.54. The molecule has 2 aliphatic rings. The molecule has 2 bridgehead atoms. The molecule has 1 amide bonds. The summed E-state index contributed by atoms with van der Waals surface area (Å²) in [6.45, 7) is 0.309. The Morgan fingerprint density at radius 2 is 1.72 bits per heavy atom. The van der Waals surface area contributed by atoms with Crippen molar-refractivity contribution < 1.29 is 32.5 Å². The van der Waals surface area contributed by atoms with Gasteiger partial charge in [-0.1, -0.05) is 23.2 Å². The number of β-amino-alcohol motifs (C(OH)–C–C–N with tert-alkyl or cyclic N) is 1. The maximum absolute atomic E-state index is 13.6. The van der Waals surface area contributed by atoms with Crippen LogP contribution >= 0.6 is 23.2 Å². The Morgan fingerprint density at radius 1 is 1.03 bits per heavy atom. The van der Waals surface area contributed by atoms with Crippen LogP contribution in [-0.4, -0.2) is 80.7 Å². The topological polar surface area (TPSA) is 106 Å². The van der Waals surface area contributed by atoms with Gasteiger partial charge in [0.1, 0.15) is 18.4 Å². The number of carbonyl (C=O) groups excluding carboxylic acids is 1. The molecule has 3 atom stereocenters. The molecule has 0 radical (unpaired) electrons. The number of aliphatic hydroxyl groups excluding tert-OH is 1. The Hall–Kier alpha value is -2.24. The van der Waals surface area contributed by atoms with Crippen LogP contribution in [0.3, 0.4) is 0 Å². The fraction of sp³-hybridized carbons (Fsp3) is 0.458. The lowest BCUT2D eigenvalue weighted by Crippen LogP contribution is -2.55. The molecule has 0 aliphatic carbocycles. The van der Waals surface area contributed by atoms with Crippen molar-refractivity contribution >= 4 is 39.1 Å². The van der Waals surface area contributed by atoms with E-state index in [2.05, 4.69) is 0 Å². The first kappa shape index (κ1) is 26.8. The molecule has 2 saturated heterocycles. The SMILES string of the molecule is COc1ccc(OCCN2C[C@H](O)[C@H]3CCC[C@@H](C2=O)N3S(=O)(=O)c2cc(Cl)cc(Cl)c2)cc1OC. The number of sulfonamides is 1. The first-order valence-corrected chi connectivity index (χ1v) is 13.7. The number of benzene rings is 2. The molecule has 1 N–H and O–H groups in total. The third kappa shape index (κ3) is 5.38. The summed E-state index contributed by atoms with van der Waals surface area (Å²) in [5, 5.41) is 11.3. The van der Waals surface area contributed by atoms with Gasteiger partial charge in [-0.3, -0.25) is 4.79 Å². The molecule has 0 spiro atoms. The van der Waals surface area contributed by atoms with Crippen LogP contribution in [0.25, 0.3) is 0 Å². The average Bonchev–Trinajstić information content (AvgIpc) is 2.91. The molecule has 12 heteroatoms. The molecule has 2 aromatic rings. The standard InChI is InChI=1S/C24H28Cl2N2O7S/c1-33-22-7-6-17(13-23(22)34-2)35-9-8-27-14-21(29)19-4-3-5-20(24(27)30)28(19)36(31,32)18-11-15(25)10-16(26)12-18/h6-7,10-13,19-21,29H,3-5,8-9,14H2,1-2H3/t19-,20+,21+/m1/s1. The van der Waals surface area contributed by atoms with Gasteiger partial charge in [-0.15, -0.1) is 0 Å². The molecule has 36 heavy (non-hydrogen) atoms. The molecular weight excluding hydrogens is 531 g/mol. The van der Waals surface area contributed by atoms with Crippen molar-refractivity contribution in [2.75, 3.05) is 33.9 Å². The lowest BCUT2D eigenvalue weighted by molar-refractivity contribution is -0.135. The van der Waals surface area contributed by atoms with Gasteiger partial charge in [-0.25, -0.2) is 8.42 Å². The molecule has 0 unspecified atom stereocenters. The zero-order valence-electron chi connectivity index (χ0n) is 19.9. The van der Waals surface area contributed by atoms with E-state index in [9.17, 15) is 18.3 Å². The van der Waals surface area contributed by atoms with Crippen molar-refractivity contribution in [2.45, 2.75) is 42.3 Å². The Labute approximate surface area is 220 Å². The molecule has 2 fully saturated rings. The van der Waals surface area contributed by atoms with Crippen LogP contribution in [0.4, 0.5) is 0 Å². The summed E-state index contributed by atoms with van der Waals surface area (Å²) in [6, 6.07) is 7.46. The van der Waals surface area contributed by atoms with Crippen LogP contribution in [0.2, 0.25) is 10.0 Å². The van der Waals surface area contributed by atoms with Gasteiger partial charge in [-0.2, -0.15) is 4.31 Å². The van der Waals surface area contributed by atoms with Gasteiger partial charge in [0.2, 0.25) is 15.9 Å². The minimum absolute atomic E-state index is 0.00237. The Kier molecular flexibility index (Phi) is 8.21. The van der Waals surface area contributed by atoms with E-state index >= 15 is 0 Å². The van der Waals surface area contributed by atoms with Gasteiger partial charge >= 0.3 is 0 Å². The van der Waals surface area contributed by atoms with E-state index in [1.54, 1.807) is 18.2 Å². The van der Waals surface area contributed by atoms with E-state index in [1.165, 1.54) is 37.3 Å². The number of methoxy groups -OCH3 is 2.